The van der Waals surface area contributed by atoms with Crippen LogP contribution >= 0.6 is 11.3 Å². The third-order valence-corrected chi connectivity index (χ3v) is 4.09. The van der Waals surface area contributed by atoms with Gasteiger partial charge in [-0.1, -0.05) is 19.1 Å². The lowest BCUT2D eigenvalue weighted by Crippen LogP contribution is -2.34. The molecule has 0 bridgehead atoms. The Hall–Kier alpha value is -0.860. The lowest BCUT2D eigenvalue weighted by atomic mass is 9.98. The number of hydrogen-bond donors (Lipinski definition) is 1. The van der Waals surface area contributed by atoms with Crippen molar-refractivity contribution in [1.82, 2.24) is 5.32 Å². The second-order valence-corrected chi connectivity index (χ2v) is 5.33. The van der Waals surface area contributed by atoms with Crippen LogP contribution in [-0.4, -0.2) is 12.6 Å². The molecule has 1 saturated heterocycles. The summed E-state index contributed by atoms with van der Waals surface area (Å²) >= 11 is 1.79. The first-order valence-electron chi connectivity index (χ1n) is 5.92. The second kappa shape index (κ2) is 5.46. The third-order valence-electron chi connectivity index (χ3n) is 3.11. The summed E-state index contributed by atoms with van der Waals surface area (Å²) in [4.78, 5) is 1.34. The molecular formula is C14H19NS. The summed E-state index contributed by atoms with van der Waals surface area (Å²) in [5.74, 6) is 0. The molecule has 1 aliphatic rings. The molecule has 1 aromatic rings. The minimum Gasteiger partial charge on any atom is -0.310 e. The van der Waals surface area contributed by atoms with E-state index in [4.69, 9.17) is 0 Å². The first kappa shape index (κ1) is 11.6. The van der Waals surface area contributed by atoms with E-state index in [2.05, 4.69) is 42.4 Å². The Morgan fingerprint density at radius 3 is 3.06 bits per heavy atom. The first-order valence-corrected chi connectivity index (χ1v) is 6.79. The third kappa shape index (κ3) is 2.83. The van der Waals surface area contributed by atoms with E-state index in [1.165, 1.54) is 35.3 Å². The van der Waals surface area contributed by atoms with Gasteiger partial charge >= 0.3 is 0 Å². The summed E-state index contributed by atoms with van der Waals surface area (Å²) in [6.45, 7) is 7.45. The van der Waals surface area contributed by atoms with Gasteiger partial charge in [0.2, 0.25) is 0 Å². The molecule has 1 aliphatic heterocycles. The van der Waals surface area contributed by atoms with Gasteiger partial charge in [0.05, 0.1) is 0 Å². The van der Waals surface area contributed by atoms with E-state index in [1.54, 1.807) is 11.3 Å². The predicted molar refractivity (Wildman–Crippen MR) is 72.9 cm³/mol. The number of thiophene rings is 1. The fraction of sp³-hybridized carbons (Fsp3) is 0.429. The number of rotatable bonds is 3. The molecule has 0 radical (unpaired) electrons. The Kier molecular flexibility index (Phi) is 3.97. The Bertz CT molecular complexity index is 383. The highest BCUT2D eigenvalue weighted by molar-refractivity contribution is 7.11. The highest BCUT2D eigenvalue weighted by atomic mass is 32.1. The fourth-order valence-electron chi connectivity index (χ4n) is 2.02. The molecule has 86 valence electrons. The van der Waals surface area contributed by atoms with Crippen molar-refractivity contribution in [2.75, 3.05) is 6.54 Å². The van der Waals surface area contributed by atoms with E-state index < -0.39 is 0 Å². The van der Waals surface area contributed by atoms with Crippen LogP contribution in [0.15, 0.2) is 29.7 Å². The summed E-state index contributed by atoms with van der Waals surface area (Å²) in [5.41, 5.74) is 2.57. The largest absolute Gasteiger partial charge is 0.310 e. The van der Waals surface area contributed by atoms with Crippen LogP contribution in [0.4, 0.5) is 0 Å². The number of nitrogens with one attached hydrogen (secondary N) is 1. The lowest BCUT2D eigenvalue weighted by molar-refractivity contribution is 0.445. The van der Waals surface area contributed by atoms with Crippen molar-refractivity contribution in [3.8, 4) is 0 Å². The molecule has 0 spiro atoms. The molecule has 2 heteroatoms. The van der Waals surface area contributed by atoms with Crippen molar-refractivity contribution in [2.24, 2.45) is 0 Å². The summed E-state index contributed by atoms with van der Waals surface area (Å²) in [6.07, 6.45) is 8.22. The molecule has 2 heterocycles. The summed E-state index contributed by atoms with van der Waals surface area (Å²) in [7, 11) is 0. The van der Waals surface area contributed by atoms with Crippen LogP contribution in [0.1, 0.15) is 29.7 Å². The number of hydrogen-bond acceptors (Lipinski definition) is 2. The molecular weight excluding hydrogens is 214 g/mol. The Morgan fingerprint density at radius 2 is 2.44 bits per heavy atom. The Morgan fingerprint density at radius 1 is 1.56 bits per heavy atom. The topological polar surface area (TPSA) is 12.0 Å². The van der Waals surface area contributed by atoms with Gasteiger partial charge in [0.1, 0.15) is 0 Å². The molecule has 16 heavy (non-hydrogen) atoms. The van der Waals surface area contributed by atoms with Gasteiger partial charge in [-0.05, 0) is 55.0 Å². The highest BCUT2D eigenvalue weighted by Gasteiger charge is 2.13. The van der Waals surface area contributed by atoms with Crippen LogP contribution in [0, 0.1) is 6.92 Å². The van der Waals surface area contributed by atoms with Crippen LogP contribution in [0.25, 0.3) is 6.08 Å². The SMILES string of the molecule is C=C(/C=C\c1sccc1C)[C@@H]1CCCCN1. The van der Waals surface area contributed by atoms with Gasteiger partial charge in [0.25, 0.3) is 0 Å². The van der Waals surface area contributed by atoms with Gasteiger partial charge in [-0.2, -0.15) is 0 Å². The van der Waals surface area contributed by atoms with Crippen molar-refractivity contribution in [3.63, 3.8) is 0 Å². The zero-order chi connectivity index (χ0) is 11.4. The highest BCUT2D eigenvalue weighted by Crippen LogP contribution is 2.20. The van der Waals surface area contributed by atoms with Crippen molar-refractivity contribution in [1.29, 1.82) is 0 Å². The zero-order valence-corrected chi connectivity index (χ0v) is 10.6. The van der Waals surface area contributed by atoms with E-state index in [1.807, 2.05) is 0 Å². The predicted octanol–water partition coefficient (Wildman–Crippen LogP) is 3.77. The van der Waals surface area contributed by atoms with Crippen LogP contribution in [0.2, 0.25) is 0 Å². The summed E-state index contributed by atoms with van der Waals surface area (Å²) < 4.78 is 0. The normalized spacial score (nSPS) is 21.4. The molecule has 1 atom stereocenters. The molecule has 1 aromatic heterocycles. The molecule has 0 unspecified atom stereocenters. The molecule has 0 aliphatic carbocycles. The second-order valence-electron chi connectivity index (χ2n) is 4.38. The molecule has 2 rings (SSSR count). The maximum absolute atomic E-state index is 4.16. The Balaban J connectivity index is 1.96. The average molecular weight is 233 g/mol. The van der Waals surface area contributed by atoms with E-state index >= 15 is 0 Å². The summed E-state index contributed by atoms with van der Waals surface area (Å²) in [6, 6.07) is 2.65. The molecule has 1 N–H and O–H groups in total. The lowest BCUT2D eigenvalue weighted by Gasteiger charge is -2.23. The van der Waals surface area contributed by atoms with Crippen LogP contribution in [-0.2, 0) is 0 Å². The monoisotopic (exact) mass is 233 g/mol. The van der Waals surface area contributed by atoms with Gasteiger partial charge < -0.3 is 5.32 Å². The maximum Gasteiger partial charge on any atom is 0.0314 e. The van der Waals surface area contributed by atoms with E-state index in [0.29, 0.717) is 6.04 Å². The van der Waals surface area contributed by atoms with Crippen LogP contribution < -0.4 is 5.32 Å². The van der Waals surface area contributed by atoms with Crippen molar-refractivity contribution < 1.29 is 0 Å². The standard InChI is InChI=1S/C14H19NS/c1-11(13-5-3-4-9-15-13)6-7-14-12(2)8-10-16-14/h6-8,10,13,15H,1,3-5,9H2,2H3/b7-6-/t13-/m0/s1. The molecule has 0 aromatic carbocycles. The van der Waals surface area contributed by atoms with Gasteiger partial charge in [0.15, 0.2) is 0 Å². The van der Waals surface area contributed by atoms with Gasteiger partial charge in [-0.3, -0.25) is 0 Å². The first-order chi connectivity index (χ1) is 7.77. The van der Waals surface area contributed by atoms with Crippen molar-refractivity contribution in [3.05, 3.63) is 40.1 Å². The van der Waals surface area contributed by atoms with Gasteiger partial charge in [-0.25, -0.2) is 0 Å². The fourth-order valence-corrected chi connectivity index (χ4v) is 2.84. The number of piperidine rings is 1. The average Bonchev–Trinajstić information content (AvgIpc) is 2.73. The Labute approximate surface area is 102 Å². The van der Waals surface area contributed by atoms with E-state index in [-0.39, 0.29) is 0 Å². The van der Waals surface area contributed by atoms with E-state index in [0.717, 1.165) is 6.54 Å². The minimum absolute atomic E-state index is 0.491. The van der Waals surface area contributed by atoms with Crippen molar-refractivity contribution in [2.45, 2.75) is 32.2 Å². The van der Waals surface area contributed by atoms with Crippen molar-refractivity contribution >= 4 is 17.4 Å². The summed E-state index contributed by atoms with van der Waals surface area (Å²) in [5, 5.41) is 5.65. The quantitative estimate of drug-likeness (QED) is 0.784. The zero-order valence-electron chi connectivity index (χ0n) is 9.83. The minimum atomic E-state index is 0.491. The smallest absolute Gasteiger partial charge is 0.0314 e. The van der Waals surface area contributed by atoms with Crippen LogP contribution in [0.3, 0.4) is 0 Å². The molecule has 0 amide bonds. The van der Waals surface area contributed by atoms with Gasteiger partial charge in [-0.15, -0.1) is 11.3 Å². The van der Waals surface area contributed by atoms with Gasteiger partial charge in [0, 0.05) is 10.9 Å². The maximum atomic E-state index is 4.16. The van der Waals surface area contributed by atoms with Crippen LogP contribution in [0.5, 0.6) is 0 Å². The van der Waals surface area contributed by atoms with E-state index in [9.17, 15) is 0 Å². The molecule has 1 nitrogen and oxygen atoms in total. The molecule has 1 fully saturated rings. The number of aryl methyl sites for hydroxylation is 1. The molecule has 0 saturated carbocycles.